The van der Waals surface area contributed by atoms with Crippen LogP contribution in [0.1, 0.15) is 37.2 Å². The number of hydroxylamine groups is 2. The molecule has 2 saturated heterocycles. The van der Waals surface area contributed by atoms with Crippen LogP contribution >= 0.6 is 0 Å². The highest BCUT2D eigenvalue weighted by molar-refractivity contribution is 5.67. The maximum atomic E-state index is 11.9. The molecule has 20 heavy (non-hydrogen) atoms. The summed E-state index contributed by atoms with van der Waals surface area (Å²) < 4.78 is 0. The van der Waals surface area contributed by atoms with Gasteiger partial charge in [-0.25, -0.2) is 4.79 Å². The second-order valence-corrected chi connectivity index (χ2v) is 5.67. The van der Waals surface area contributed by atoms with Crippen LogP contribution in [-0.4, -0.2) is 42.2 Å². The average Bonchev–Trinajstić information content (AvgIpc) is 3.03. The summed E-state index contributed by atoms with van der Waals surface area (Å²) in [6.45, 7) is 3.36. The monoisotopic (exact) mass is 274 g/mol. The number of hydrogen-bond acceptors (Lipinski definition) is 3. The quantitative estimate of drug-likeness (QED) is 0.831. The minimum absolute atomic E-state index is 0.166. The zero-order valence-electron chi connectivity index (χ0n) is 11.8. The van der Waals surface area contributed by atoms with Gasteiger partial charge in [-0.2, -0.15) is 0 Å². The topological polar surface area (TPSA) is 32.8 Å². The van der Waals surface area contributed by atoms with Gasteiger partial charge in [0.1, 0.15) is 0 Å². The van der Waals surface area contributed by atoms with Crippen LogP contribution in [0.4, 0.5) is 4.79 Å². The van der Waals surface area contributed by atoms with Crippen LogP contribution < -0.4 is 0 Å². The molecule has 0 aromatic heterocycles. The van der Waals surface area contributed by atoms with E-state index in [1.165, 1.54) is 5.56 Å². The summed E-state index contributed by atoms with van der Waals surface area (Å²) in [7, 11) is 0. The highest BCUT2D eigenvalue weighted by Gasteiger charge is 2.26. The summed E-state index contributed by atoms with van der Waals surface area (Å²) in [5.74, 6) is 0.595. The Kier molecular flexibility index (Phi) is 4.21. The molecule has 2 aliphatic rings. The Labute approximate surface area is 120 Å². The van der Waals surface area contributed by atoms with Gasteiger partial charge in [0.2, 0.25) is 0 Å². The van der Waals surface area contributed by atoms with Crippen molar-refractivity contribution in [3.8, 4) is 0 Å². The lowest BCUT2D eigenvalue weighted by Gasteiger charge is -2.31. The number of rotatable bonds is 2. The fraction of sp³-hybridized carbons (Fsp3) is 0.562. The lowest BCUT2D eigenvalue weighted by atomic mass is 9.90. The van der Waals surface area contributed by atoms with Crippen LogP contribution in [0.5, 0.6) is 0 Å². The van der Waals surface area contributed by atoms with Crippen LogP contribution in [0.25, 0.3) is 0 Å². The van der Waals surface area contributed by atoms with E-state index in [1.807, 2.05) is 9.96 Å². The molecule has 0 radical (unpaired) electrons. The summed E-state index contributed by atoms with van der Waals surface area (Å²) in [6.07, 6.45) is 4.14. The van der Waals surface area contributed by atoms with Gasteiger partial charge in [0.25, 0.3) is 0 Å². The molecule has 108 valence electrons. The van der Waals surface area contributed by atoms with Crippen molar-refractivity contribution in [1.82, 2.24) is 9.96 Å². The molecule has 4 heteroatoms. The lowest BCUT2D eigenvalue weighted by molar-refractivity contribution is -0.123. The van der Waals surface area contributed by atoms with E-state index in [1.54, 1.807) is 0 Å². The fourth-order valence-corrected chi connectivity index (χ4v) is 3.07. The van der Waals surface area contributed by atoms with Gasteiger partial charge in [-0.1, -0.05) is 30.3 Å². The average molecular weight is 274 g/mol. The Morgan fingerprint density at radius 2 is 1.65 bits per heavy atom. The summed E-state index contributed by atoms with van der Waals surface area (Å²) in [4.78, 5) is 19.2. The molecule has 0 unspecified atom stereocenters. The Balaban J connectivity index is 1.47. The second kappa shape index (κ2) is 6.27. The molecule has 0 spiro atoms. The molecule has 4 nitrogen and oxygen atoms in total. The van der Waals surface area contributed by atoms with Gasteiger partial charge in [0, 0.05) is 26.2 Å². The molecule has 0 aliphatic carbocycles. The maximum absolute atomic E-state index is 11.9. The first kappa shape index (κ1) is 13.4. The van der Waals surface area contributed by atoms with E-state index in [9.17, 15) is 4.79 Å². The third-order valence-electron chi connectivity index (χ3n) is 4.30. The van der Waals surface area contributed by atoms with Crippen molar-refractivity contribution in [2.45, 2.75) is 31.6 Å². The number of hydrogen-bond donors (Lipinski definition) is 0. The number of nitrogens with zero attached hydrogens (tertiary/aromatic N) is 2. The van der Waals surface area contributed by atoms with Gasteiger partial charge in [0.05, 0.1) is 0 Å². The Morgan fingerprint density at radius 3 is 2.30 bits per heavy atom. The molecular formula is C16H22N2O2. The molecule has 0 saturated carbocycles. The molecule has 2 heterocycles. The maximum Gasteiger partial charge on any atom is 0.428 e. The lowest BCUT2D eigenvalue weighted by Crippen LogP contribution is -2.39. The van der Waals surface area contributed by atoms with Crippen molar-refractivity contribution in [2.75, 3.05) is 26.2 Å². The van der Waals surface area contributed by atoms with Crippen molar-refractivity contribution in [3.63, 3.8) is 0 Å². The number of likely N-dealkylation sites (tertiary alicyclic amines) is 1. The Bertz CT molecular complexity index is 435. The third kappa shape index (κ3) is 3.12. The first-order valence-electron chi connectivity index (χ1n) is 7.60. The van der Waals surface area contributed by atoms with Crippen LogP contribution in [-0.2, 0) is 4.84 Å². The minimum atomic E-state index is -0.166. The van der Waals surface area contributed by atoms with Crippen LogP contribution in [0.3, 0.4) is 0 Å². The van der Waals surface area contributed by atoms with Crippen LogP contribution in [0, 0.1) is 0 Å². The number of carbonyl (C=O) groups is 1. The zero-order valence-corrected chi connectivity index (χ0v) is 11.8. The molecule has 2 aliphatic heterocycles. The minimum Gasteiger partial charge on any atom is -0.351 e. The standard InChI is InChI=1S/C16H22N2O2/c19-16(17-10-4-5-11-17)20-18-12-8-15(9-13-18)14-6-2-1-3-7-14/h1-3,6-7,15H,4-5,8-13H2. The zero-order chi connectivity index (χ0) is 13.8. The van der Waals surface area contributed by atoms with E-state index >= 15 is 0 Å². The van der Waals surface area contributed by atoms with Crippen molar-refractivity contribution in [3.05, 3.63) is 35.9 Å². The molecule has 2 fully saturated rings. The number of amides is 1. The molecule has 0 bridgehead atoms. The summed E-state index contributed by atoms with van der Waals surface area (Å²) in [5, 5.41) is 1.83. The smallest absolute Gasteiger partial charge is 0.351 e. The fourth-order valence-electron chi connectivity index (χ4n) is 3.07. The van der Waals surface area contributed by atoms with E-state index < -0.39 is 0 Å². The van der Waals surface area contributed by atoms with E-state index in [0.717, 1.165) is 51.9 Å². The molecule has 3 rings (SSSR count). The number of carbonyl (C=O) groups excluding carboxylic acids is 1. The van der Waals surface area contributed by atoms with E-state index in [2.05, 4.69) is 30.3 Å². The van der Waals surface area contributed by atoms with E-state index in [-0.39, 0.29) is 6.09 Å². The highest BCUT2D eigenvalue weighted by atomic mass is 16.7. The Hall–Kier alpha value is -1.55. The predicted octanol–water partition coefficient (Wildman–Crippen LogP) is 3.01. The van der Waals surface area contributed by atoms with Gasteiger partial charge in [-0.05, 0) is 37.2 Å². The second-order valence-electron chi connectivity index (χ2n) is 5.67. The first-order valence-corrected chi connectivity index (χ1v) is 7.60. The SMILES string of the molecule is O=C(ON1CCC(c2ccccc2)CC1)N1CCCC1. The van der Waals surface area contributed by atoms with Gasteiger partial charge < -0.3 is 9.74 Å². The molecule has 0 atom stereocenters. The molecule has 1 aromatic carbocycles. The van der Waals surface area contributed by atoms with Crippen LogP contribution in [0.2, 0.25) is 0 Å². The highest BCUT2D eigenvalue weighted by Crippen LogP contribution is 2.28. The normalized spacial score (nSPS) is 21.1. The van der Waals surface area contributed by atoms with Gasteiger partial charge in [-0.15, -0.1) is 5.06 Å². The van der Waals surface area contributed by atoms with Crippen molar-refractivity contribution in [1.29, 1.82) is 0 Å². The van der Waals surface area contributed by atoms with Gasteiger partial charge >= 0.3 is 6.09 Å². The molecule has 1 aromatic rings. The van der Waals surface area contributed by atoms with Crippen molar-refractivity contribution >= 4 is 6.09 Å². The molecular weight excluding hydrogens is 252 g/mol. The van der Waals surface area contributed by atoms with Gasteiger partial charge in [-0.3, -0.25) is 0 Å². The van der Waals surface area contributed by atoms with E-state index in [0.29, 0.717) is 5.92 Å². The van der Waals surface area contributed by atoms with Gasteiger partial charge in [0.15, 0.2) is 0 Å². The number of benzene rings is 1. The third-order valence-corrected chi connectivity index (χ3v) is 4.30. The summed E-state index contributed by atoms with van der Waals surface area (Å²) >= 11 is 0. The summed E-state index contributed by atoms with van der Waals surface area (Å²) in [6, 6.07) is 10.6. The van der Waals surface area contributed by atoms with Crippen molar-refractivity contribution < 1.29 is 9.63 Å². The molecule has 0 N–H and O–H groups in total. The number of piperidine rings is 1. The molecule has 1 amide bonds. The van der Waals surface area contributed by atoms with Crippen molar-refractivity contribution in [2.24, 2.45) is 0 Å². The Morgan fingerprint density at radius 1 is 1.00 bits per heavy atom. The first-order chi connectivity index (χ1) is 9.83. The predicted molar refractivity (Wildman–Crippen MR) is 77.3 cm³/mol. The summed E-state index contributed by atoms with van der Waals surface area (Å²) in [5.41, 5.74) is 1.40. The van der Waals surface area contributed by atoms with Crippen LogP contribution in [0.15, 0.2) is 30.3 Å². The van der Waals surface area contributed by atoms with E-state index in [4.69, 9.17) is 4.84 Å². The largest absolute Gasteiger partial charge is 0.428 e.